The van der Waals surface area contributed by atoms with Crippen molar-refractivity contribution in [3.63, 3.8) is 0 Å². The molecular weight excluding hydrogens is 268 g/mol. The Morgan fingerprint density at radius 2 is 2.20 bits per heavy atom. The Balaban J connectivity index is 1.96. The van der Waals surface area contributed by atoms with E-state index in [9.17, 15) is 0 Å². The van der Waals surface area contributed by atoms with Gasteiger partial charge in [-0.15, -0.1) is 11.3 Å². The van der Waals surface area contributed by atoms with Crippen LogP contribution >= 0.6 is 11.3 Å². The van der Waals surface area contributed by atoms with Gasteiger partial charge in [-0.25, -0.2) is 9.98 Å². The minimum absolute atomic E-state index is 0.421. The summed E-state index contributed by atoms with van der Waals surface area (Å²) in [6.45, 7) is 4.75. The Morgan fingerprint density at radius 3 is 2.90 bits per heavy atom. The molecule has 0 amide bonds. The largest absolute Gasteiger partial charge is 0.370 e. The number of aliphatic imine (C=N–C) groups is 1. The number of benzene rings is 1. The van der Waals surface area contributed by atoms with Crippen molar-refractivity contribution in [1.82, 2.24) is 4.98 Å². The smallest absolute Gasteiger partial charge is 0.193 e. The second-order valence-electron chi connectivity index (χ2n) is 4.47. The number of hydrogen-bond acceptors (Lipinski definition) is 3. The molecule has 2 aromatic rings. The molecule has 0 saturated carbocycles. The van der Waals surface area contributed by atoms with Crippen LogP contribution in [0.1, 0.15) is 30.1 Å². The van der Waals surface area contributed by atoms with E-state index in [2.05, 4.69) is 41.3 Å². The van der Waals surface area contributed by atoms with Gasteiger partial charge < -0.3 is 11.1 Å². The molecule has 2 rings (SSSR count). The van der Waals surface area contributed by atoms with Gasteiger partial charge in [0.05, 0.1) is 17.2 Å². The third-order valence-electron chi connectivity index (χ3n) is 2.92. The minimum Gasteiger partial charge on any atom is -0.370 e. The number of hydrogen-bond donors (Lipinski definition) is 2. The summed E-state index contributed by atoms with van der Waals surface area (Å²) in [4.78, 5) is 8.78. The maximum Gasteiger partial charge on any atom is 0.193 e. The first-order chi connectivity index (χ1) is 9.71. The van der Waals surface area contributed by atoms with Crippen molar-refractivity contribution < 1.29 is 0 Å². The topological polar surface area (TPSA) is 63.3 Å². The summed E-state index contributed by atoms with van der Waals surface area (Å²) in [5, 5.41) is 6.28. The molecule has 0 bridgehead atoms. The molecular formula is C15H20N4S. The lowest BCUT2D eigenvalue weighted by Crippen LogP contribution is -2.22. The predicted molar refractivity (Wildman–Crippen MR) is 86.3 cm³/mol. The molecule has 0 atom stereocenters. The van der Waals surface area contributed by atoms with E-state index in [1.165, 1.54) is 5.56 Å². The zero-order valence-corrected chi connectivity index (χ0v) is 12.7. The van der Waals surface area contributed by atoms with Gasteiger partial charge in [0.1, 0.15) is 0 Å². The van der Waals surface area contributed by atoms with Crippen LogP contribution in [0.4, 0.5) is 5.69 Å². The minimum atomic E-state index is 0.421. The Morgan fingerprint density at radius 1 is 1.35 bits per heavy atom. The number of aryl methyl sites for hydroxylation is 2. The van der Waals surface area contributed by atoms with E-state index in [1.54, 1.807) is 11.3 Å². The van der Waals surface area contributed by atoms with Crippen LogP contribution in [0, 0.1) is 0 Å². The first-order valence-corrected chi connectivity index (χ1v) is 7.68. The van der Waals surface area contributed by atoms with E-state index >= 15 is 0 Å². The first kappa shape index (κ1) is 14.5. The van der Waals surface area contributed by atoms with Crippen LogP contribution in [0.25, 0.3) is 0 Å². The lowest BCUT2D eigenvalue weighted by Gasteiger charge is -2.06. The number of anilines is 1. The summed E-state index contributed by atoms with van der Waals surface area (Å²) in [5.74, 6) is 0.421. The molecule has 0 aliphatic carbocycles. The van der Waals surface area contributed by atoms with Crippen molar-refractivity contribution in [2.75, 3.05) is 5.32 Å². The normalized spacial score (nSPS) is 11.6. The van der Waals surface area contributed by atoms with Crippen molar-refractivity contribution in [1.29, 1.82) is 0 Å². The van der Waals surface area contributed by atoms with Crippen molar-refractivity contribution in [3.8, 4) is 0 Å². The van der Waals surface area contributed by atoms with E-state index in [1.807, 2.05) is 17.5 Å². The second-order valence-corrected chi connectivity index (χ2v) is 5.41. The zero-order valence-electron chi connectivity index (χ0n) is 11.9. The Kier molecular flexibility index (Phi) is 5.12. The molecule has 0 fully saturated rings. The van der Waals surface area contributed by atoms with Crippen molar-refractivity contribution in [3.05, 3.63) is 45.9 Å². The summed E-state index contributed by atoms with van der Waals surface area (Å²) in [6.07, 6.45) is 1.97. The number of thiazole rings is 1. The fraction of sp³-hybridized carbons (Fsp3) is 0.333. The molecule has 0 radical (unpaired) electrons. The molecule has 1 aromatic carbocycles. The summed E-state index contributed by atoms with van der Waals surface area (Å²) in [5.41, 5.74) is 9.11. The van der Waals surface area contributed by atoms with E-state index < -0.39 is 0 Å². The van der Waals surface area contributed by atoms with E-state index in [-0.39, 0.29) is 0 Å². The zero-order chi connectivity index (χ0) is 14.4. The fourth-order valence-electron chi connectivity index (χ4n) is 1.81. The third kappa shape index (κ3) is 4.06. The van der Waals surface area contributed by atoms with Crippen LogP contribution in [0.5, 0.6) is 0 Å². The number of rotatable bonds is 5. The highest BCUT2D eigenvalue weighted by atomic mass is 32.1. The number of nitrogens with zero attached hydrogens (tertiary/aromatic N) is 2. The van der Waals surface area contributed by atoms with Crippen LogP contribution in [-0.4, -0.2) is 10.9 Å². The molecule has 1 heterocycles. The van der Waals surface area contributed by atoms with Gasteiger partial charge in [-0.1, -0.05) is 26.0 Å². The Labute approximate surface area is 123 Å². The summed E-state index contributed by atoms with van der Waals surface area (Å²) in [7, 11) is 0. The Hall–Kier alpha value is -1.88. The molecule has 1 aromatic heterocycles. The molecule has 4 nitrogen and oxygen atoms in total. The fourth-order valence-corrected chi connectivity index (χ4v) is 2.54. The maximum absolute atomic E-state index is 5.90. The molecule has 106 valence electrons. The molecule has 5 heteroatoms. The maximum atomic E-state index is 5.90. The number of nitrogens with two attached hydrogens (primary N) is 1. The molecule has 0 aliphatic rings. The van der Waals surface area contributed by atoms with Gasteiger partial charge in [0.2, 0.25) is 0 Å². The van der Waals surface area contributed by atoms with Crippen molar-refractivity contribution in [2.24, 2.45) is 10.7 Å². The van der Waals surface area contributed by atoms with E-state index in [0.29, 0.717) is 12.5 Å². The van der Waals surface area contributed by atoms with Gasteiger partial charge in [-0.3, -0.25) is 0 Å². The highest BCUT2D eigenvalue weighted by molar-refractivity contribution is 7.09. The van der Waals surface area contributed by atoms with Gasteiger partial charge in [-0.05, 0) is 30.5 Å². The summed E-state index contributed by atoms with van der Waals surface area (Å²) < 4.78 is 0. The second kappa shape index (κ2) is 7.05. The van der Waals surface area contributed by atoms with Gasteiger partial charge in [0, 0.05) is 11.1 Å². The first-order valence-electron chi connectivity index (χ1n) is 6.80. The summed E-state index contributed by atoms with van der Waals surface area (Å²) in [6, 6.07) is 8.18. The SMILES string of the molecule is CCc1cccc(NC(N)=NCc2csc(CC)n2)c1. The van der Waals surface area contributed by atoms with Gasteiger partial charge in [0.15, 0.2) is 5.96 Å². The molecule has 0 spiro atoms. The molecule has 0 saturated heterocycles. The number of nitrogens with one attached hydrogen (secondary N) is 1. The number of guanidine groups is 1. The summed E-state index contributed by atoms with van der Waals surface area (Å²) >= 11 is 1.67. The molecule has 0 aliphatic heterocycles. The average Bonchev–Trinajstić information content (AvgIpc) is 2.93. The van der Waals surface area contributed by atoms with Gasteiger partial charge >= 0.3 is 0 Å². The molecule has 3 N–H and O–H groups in total. The lowest BCUT2D eigenvalue weighted by atomic mass is 10.1. The van der Waals surface area contributed by atoms with E-state index in [0.717, 1.165) is 29.2 Å². The highest BCUT2D eigenvalue weighted by Crippen LogP contribution is 2.12. The average molecular weight is 288 g/mol. The third-order valence-corrected chi connectivity index (χ3v) is 3.96. The standard InChI is InChI=1S/C15H20N4S/c1-3-11-6-5-7-12(8-11)19-15(16)17-9-13-10-20-14(4-2)18-13/h5-8,10H,3-4,9H2,1-2H3,(H3,16,17,19). The molecule has 20 heavy (non-hydrogen) atoms. The molecule has 0 unspecified atom stereocenters. The predicted octanol–water partition coefficient (Wildman–Crippen LogP) is 3.19. The van der Waals surface area contributed by atoms with Crippen LogP contribution in [0.15, 0.2) is 34.6 Å². The van der Waals surface area contributed by atoms with Crippen LogP contribution < -0.4 is 11.1 Å². The lowest BCUT2D eigenvalue weighted by molar-refractivity contribution is 0.969. The van der Waals surface area contributed by atoms with Crippen molar-refractivity contribution >= 4 is 23.0 Å². The van der Waals surface area contributed by atoms with E-state index in [4.69, 9.17) is 5.73 Å². The van der Waals surface area contributed by atoms with Crippen molar-refractivity contribution in [2.45, 2.75) is 33.2 Å². The van der Waals surface area contributed by atoms with Gasteiger partial charge in [-0.2, -0.15) is 0 Å². The highest BCUT2D eigenvalue weighted by Gasteiger charge is 2.00. The number of aromatic nitrogens is 1. The monoisotopic (exact) mass is 288 g/mol. The van der Waals surface area contributed by atoms with Gasteiger partial charge in [0.25, 0.3) is 0 Å². The Bertz CT molecular complexity index is 589. The van der Waals surface area contributed by atoms with Crippen LogP contribution in [0.3, 0.4) is 0 Å². The van der Waals surface area contributed by atoms with Crippen LogP contribution in [0.2, 0.25) is 0 Å². The van der Waals surface area contributed by atoms with Crippen LogP contribution in [-0.2, 0) is 19.4 Å². The quantitative estimate of drug-likeness (QED) is 0.656.